The number of non-ortho nitro benzene ring substituents is 1. The maximum atomic E-state index is 11.0. The van der Waals surface area contributed by atoms with Gasteiger partial charge in [0, 0.05) is 12.1 Å². The van der Waals surface area contributed by atoms with E-state index in [9.17, 15) is 14.9 Å². The van der Waals surface area contributed by atoms with Crippen LogP contribution < -0.4 is 0 Å². The number of carboxylic acids is 1. The van der Waals surface area contributed by atoms with Gasteiger partial charge in [-0.3, -0.25) is 19.8 Å². The fourth-order valence-electron chi connectivity index (χ4n) is 1.47. The number of nitro benzene ring substituents is 1. The van der Waals surface area contributed by atoms with E-state index in [0.29, 0.717) is 6.42 Å². The van der Waals surface area contributed by atoms with E-state index in [1.807, 2.05) is 0 Å². The molecular weight excluding hydrogens is 224 g/mol. The summed E-state index contributed by atoms with van der Waals surface area (Å²) in [6.45, 7) is 0. The molecule has 0 bridgehead atoms. The summed E-state index contributed by atoms with van der Waals surface area (Å²) in [5.41, 5.74) is 0.766. The molecule has 6 nitrogen and oxygen atoms in total. The molecule has 0 aromatic heterocycles. The van der Waals surface area contributed by atoms with E-state index < -0.39 is 16.9 Å². The van der Waals surface area contributed by atoms with Gasteiger partial charge in [0.25, 0.3) is 5.69 Å². The van der Waals surface area contributed by atoms with Crippen LogP contribution in [0.15, 0.2) is 24.3 Å². The van der Waals surface area contributed by atoms with Crippen LogP contribution in [0, 0.1) is 10.1 Å². The second-order valence-electron chi connectivity index (χ2n) is 3.95. The highest BCUT2D eigenvalue weighted by molar-refractivity contribution is 5.73. The van der Waals surface area contributed by atoms with Crippen LogP contribution in [0.2, 0.25) is 0 Å². The Hall–Kier alpha value is -1.95. The highest BCUT2D eigenvalue weighted by Crippen LogP contribution is 2.14. The van der Waals surface area contributed by atoms with Crippen molar-refractivity contribution >= 4 is 11.7 Å². The number of nitro groups is 1. The van der Waals surface area contributed by atoms with Crippen molar-refractivity contribution in [2.45, 2.75) is 12.5 Å². The van der Waals surface area contributed by atoms with Crippen LogP contribution in [-0.2, 0) is 11.2 Å². The van der Waals surface area contributed by atoms with Gasteiger partial charge in [0.15, 0.2) is 0 Å². The third-order valence-electron chi connectivity index (χ3n) is 2.48. The summed E-state index contributed by atoms with van der Waals surface area (Å²) in [6.07, 6.45) is 0.320. The molecule has 1 rings (SSSR count). The average Bonchev–Trinajstić information content (AvgIpc) is 2.25. The fourth-order valence-corrected chi connectivity index (χ4v) is 1.47. The molecule has 0 aliphatic rings. The molecule has 1 unspecified atom stereocenters. The third kappa shape index (κ3) is 3.53. The van der Waals surface area contributed by atoms with E-state index in [1.54, 1.807) is 31.1 Å². The van der Waals surface area contributed by atoms with Gasteiger partial charge in [-0.1, -0.05) is 12.1 Å². The quantitative estimate of drug-likeness (QED) is 0.614. The zero-order chi connectivity index (χ0) is 13.0. The molecule has 1 aromatic carbocycles. The van der Waals surface area contributed by atoms with Crippen LogP contribution in [0.4, 0.5) is 5.69 Å². The van der Waals surface area contributed by atoms with Gasteiger partial charge in [0.05, 0.1) is 4.92 Å². The Bertz CT molecular complexity index is 414. The molecule has 0 aliphatic carbocycles. The molecule has 0 saturated carbocycles. The Balaban J connectivity index is 2.80. The van der Waals surface area contributed by atoms with Gasteiger partial charge in [0.2, 0.25) is 0 Å². The Labute approximate surface area is 98.6 Å². The largest absolute Gasteiger partial charge is 0.480 e. The molecule has 0 heterocycles. The molecule has 0 saturated heterocycles. The van der Waals surface area contributed by atoms with Crippen molar-refractivity contribution in [2.24, 2.45) is 0 Å². The first-order chi connectivity index (χ1) is 7.91. The van der Waals surface area contributed by atoms with Crippen LogP contribution in [-0.4, -0.2) is 41.0 Å². The first-order valence-corrected chi connectivity index (χ1v) is 5.04. The van der Waals surface area contributed by atoms with Crippen LogP contribution >= 0.6 is 0 Å². The fraction of sp³-hybridized carbons (Fsp3) is 0.364. The van der Waals surface area contributed by atoms with Gasteiger partial charge >= 0.3 is 5.97 Å². The highest BCUT2D eigenvalue weighted by atomic mass is 16.6. The molecule has 92 valence electrons. The van der Waals surface area contributed by atoms with Crippen molar-refractivity contribution in [3.05, 3.63) is 39.9 Å². The molecule has 0 aliphatic heterocycles. The maximum Gasteiger partial charge on any atom is 0.321 e. The molecule has 0 spiro atoms. The summed E-state index contributed by atoms with van der Waals surface area (Å²) < 4.78 is 0. The Morgan fingerprint density at radius 2 is 1.94 bits per heavy atom. The Morgan fingerprint density at radius 3 is 2.29 bits per heavy atom. The van der Waals surface area contributed by atoms with Crippen molar-refractivity contribution in [1.82, 2.24) is 4.90 Å². The summed E-state index contributed by atoms with van der Waals surface area (Å²) in [4.78, 5) is 22.5. The zero-order valence-corrected chi connectivity index (χ0v) is 9.66. The lowest BCUT2D eigenvalue weighted by Gasteiger charge is -2.19. The van der Waals surface area contributed by atoms with E-state index in [2.05, 4.69) is 0 Å². The maximum absolute atomic E-state index is 11.0. The van der Waals surface area contributed by atoms with Gasteiger partial charge in [-0.25, -0.2) is 0 Å². The molecule has 0 radical (unpaired) electrons. The summed E-state index contributed by atoms with van der Waals surface area (Å²) in [5.74, 6) is -0.909. The standard InChI is InChI=1S/C11H14N2O4/c1-12(2)10(11(14)15)7-8-3-5-9(6-4-8)13(16)17/h3-6,10H,7H2,1-2H3,(H,14,15). The minimum atomic E-state index is -0.909. The molecule has 1 aromatic rings. The first-order valence-electron chi connectivity index (χ1n) is 5.04. The Kier molecular flexibility index (Phi) is 4.17. The molecule has 1 atom stereocenters. The Morgan fingerprint density at radius 1 is 1.41 bits per heavy atom. The van der Waals surface area contributed by atoms with Crippen LogP contribution in [0.3, 0.4) is 0 Å². The lowest BCUT2D eigenvalue weighted by atomic mass is 10.1. The van der Waals surface area contributed by atoms with E-state index in [4.69, 9.17) is 5.11 Å². The van der Waals surface area contributed by atoms with E-state index in [1.165, 1.54) is 12.1 Å². The van der Waals surface area contributed by atoms with Crippen molar-refractivity contribution in [3.63, 3.8) is 0 Å². The molecular formula is C11H14N2O4. The van der Waals surface area contributed by atoms with Crippen molar-refractivity contribution in [1.29, 1.82) is 0 Å². The average molecular weight is 238 g/mol. The van der Waals surface area contributed by atoms with Crippen LogP contribution in [0.1, 0.15) is 5.56 Å². The lowest BCUT2D eigenvalue weighted by molar-refractivity contribution is -0.384. The normalized spacial score (nSPS) is 12.4. The van der Waals surface area contributed by atoms with E-state index >= 15 is 0 Å². The number of nitrogens with zero attached hydrogens (tertiary/aromatic N) is 2. The molecule has 17 heavy (non-hydrogen) atoms. The van der Waals surface area contributed by atoms with Gasteiger partial charge in [-0.15, -0.1) is 0 Å². The van der Waals surface area contributed by atoms with Crippen molar-refractivity contribution in [3.8, 4) is 0 Å². The number of hydrogen-bond acceptors (Lipinski definition) is 4. The minimum Gasteiger partial charge on any atom is -0.480 e. The summed E-state index contributed by atoms with van der Waals surface area (Å²) in [6, 6.07) is 5.29. The third-order valence-corrected chi connectivity index (χ3v) is 2.48. The van der Waals surface area contributed by atoms with Gasteiger partial charge < -0.3 is 5.11 Å². The second kappa shape index (κ2) is 5.40. The second-order valence-corrected chi connectivity index (χ2v) is 3.95. The monoisotopic (exact) mass is 238 g/mol. The van der Waals surface area contributed by atoms with E-state index in [-0.39, 0.29) is 5.69 Å². The number of likely N-dealkylation sites (N-methyl/N-ethyl adjacent to an activating group) is 1. The summed E-state index contributed by atoms with van der Waals surface area (Å²) in [5, 5.41) is 19.5. The predicted molar refractivity (Wildman–Crippen MR) is 61.9 cm³/mol. The smallest absolute Gasteiger partial charge is 0.321 e. The first kappa shape index (κ1) is 13.1. The van der Waals surface area contributed by atoms with Crippen molar-refractivity contribution < 1.29 is 14.8 Å². The minimum absolute atomic E-state index is 0.00507. The van der Waals surface area contributed by atoms with Crippen LogP contribution in [0.25, 0.3) is 0 Å². The van der Waals surface area contributed by atoms with Gasteiger partial charge in [-0.05, 0) is 26.1 Å². The van der Waals surface area contributed by atoms with Crippen molar-refractivity contribution in [2.75, 3.05) is 14.1 Å². The number of carboxylic acid groups (broad SMARTS) is 1. The highest BCUT2D eigenvalue weighted by Gasteiger charge is 2.20. The molecule has 0 amide bonds. The molecule has 6 heteroatoms. The topological polar surface area (TPSA) is 83.7 Å². The predicted octanol–water partition coefficient (Wildman–Crippen LogP) is 1.15. The molecule has 0 fully saturated rings. The SMILES string of the molecule is CN(C)C(Cc1ccc([N+](=O)[O-])cc1)C(=O)O. The molecule has 1 N–H and O–H groups in total. The zero-order valence-electron chi connectivity index (χ0n) is 9.66. The summed E-state index contributed by atoms with van der Waals surface area (Å²) >= 11 is 0. The number of hydrogen-bond donors (Lipinski definition) is 1. The summed E-state index contributed by atoms with van der Waals surface area (Å²) in [7, 11) is 3.37. The van der Waals surface area contributed by atoms with Gasteiger partial charge in [-0.2, -0.15) is 0 Å². The number of aliphatic carboxylic acids is 1. The number of rotatable bonds is 5. The van der Waals surface area contributed by atoms with Gasteiger partial charge in [0.1, 0.15) is 6.04 Å². The lowest BCUT2D eigenvalue weighted by Crippen LogP contribution is -2.37. The van der Waals surface area contributed by atoms with E-state index in [0.717, 1.165) is 5.56 Å². The number of carbonyl (C=O) groups is 1. The number of benzene rings is 1. The van der Waals surface area contributed by atoms with Crippen LogP contribution in [0.5, 0.6) is 0 Å².